The summed E-state index contributed by atoms with van der Waals surface area (Å²) in [5, 5.41) is 8.79. The van der Waals surface area contributed by atoms with Gasteiger partial charge in [0, 0.05) is 24.6 Å². The molecule has 0 saturated heterocycles. The molecule has 1 N–H and O–H groups in total. The summed E-state index contributed by atoms with van der Waals surface area (Å²) in [6.45, 7) is 3.86. The molecule has 20 heavy (non-hydrogen) atoms. The Balaban J connectivity index is 2.14. The number of anilines is 1. The summed E-state index contributed by atoms with van der Waals surface area (Å²) in [7, 11) is 0. The largest absolute Gasteiger partial charge is 0.481 e. The lowest BCUT2D eigenvalue weighted by molar-refractivity contribution is -0.138. The molecule has 1 amide bonds. The van der Waals surface area contributed by atoms with Crippen LogP contribution in [0.15, 0.2) is 24.3 Å². The van der Waals surface area contributed by atoms with Crippen LogP contribution < -0.4 is 4.90 Å². The second-order valence-corrected chi connectivity index (χ2v) is 5.69. The van der Waals surface area contributed by atoms with Gasteiger partial charge in [-0.25, -0.2) is 0 Å². The molecule has 0 radical (unpaired) electrons. The number of aliphatic carboxylic acids is 1. The molecule has 4 nitrogen and oxygen atoms in total. The minimum Gasteiger partial charge on any atom is -0.481 e. The average Bonchev–Trinajstić information content (AvgIpc) is 2.37. The number of nitrogens with zero attached hydrogens (tertiary/aromatic N) is 1. The molecule has 0 aliphatic carbocycles. The van der Waals surface area contributed by atoms with E-state index < -0.39 is 5.97 Å². The highest BCUT2D eigenvalue weighted by molar-refractivity contribution is 5.95. The Hall–Kier alpha value is -1.84. The van der Waals surface area contributed by atoms with Crippen molar-refractivity contribution >= 4 is 17.6 Å². The molecule has 1 aromatic carbocycles. The fourth-order valence-electron chi connectivity index (χ4n) is 2.84. The third kappa shape index (κ3) is 3.18. The number of hydrogen-bond acceptors (Lipinski definition) is 2. The number of hydrogen-bond donors (Lipinski definition) is 1. The second kappa shape index (κ2) is 6.07. The van der Waals surface area contributed by atoms with Crippen LogP contribution >= 0.6 is 0 Å². The Kier molecular flexibility index (Phi) is 4.42. The van der Waals surface area contributed by atoms with Gasteiger partial charge in [-0.2, -0.15) is 0 Å². The van der Waals surface area contributed by atoms with Crippen LogP contribution in [0.2, 0.25) is 0 Å². The highest BCUT2D eigenvalue weighted by Crippen LogP contribution is 2.31. The third-order valence-electron chi connectivity index (χ3n) is 3.84. The van der Waals surface area contributed by atoms with Crippen LogP contribution in [-0.2, 0) is 16.0 Å². The van der Waals surface area contributed by atoms with Crippen molar-refractivity contribution in [3.8, 4) is 0 Å². The van der Waals surface area contributed by atoms with Gasteiger partial charge in [0.1, 0.15) is 0 Å². The molecule has 0 fully saturated rings. The van der Waals surface area contributed by atoms with Gasteiger partial charge in [-0.3, -0.25) is 9.59 Å². The smallest absolute Gasteiger partial charge is 0.303 e. The van der Waals surface area contributed by atoms with Crippen molar-refractivity contribution in [1.29, 1.82) is 0 Å². The van der Waals surface area contributed by atoms with Crippen LogP contribution in [0.3, 0.4) is 0 Å². The van der Waals surface area contributed by atoms with Crippen molar-refractivity contribution in [2.45, 2.75) is 45.6 Å². The summed E-state index contributed by atoms with van der Waals surface area (Å²) in [6.07, 6.45) is 2.27. The summed E-state index contributed by atoms with van der Waals surface area (Å²) in [5.41, 5.74) is 2.18. The van der Waals surface area contributed by atoms with Crippen molar-refractivity contribution in [3.63, 3.8) is 0 Å². The number of carbonyl (C=O) groups is 2. The Labute approximate surface area is 119 Å². The van der Waals surface area contributed by atoms with Crippen molar-refractivity contribution in [1.82, 2.24) is 0 Å². The van der Waals surface area contributed by atoms with E-state index in [1.807, 2.05) is 30.0 Å². The molecular formula is C16H21NO3. The predicted molar refractivity (Wildman–Crippen MR) is 77.7 cm³/mol. The van der Waals surface area contributed by atoms with E-state index in [-0.39, 0.29) is 30.7 Å². The van der Waals surface area contributed by atoms with Gasteiger partial charge in [0.05, 0.1) is 0 Å². The van der Waals surface area contributed by atoms with E-state index in [4.69, 9.17) is 5.11 Å². The van der Waals surface area contributed by atoms with Gasteiger partial charge >= 0.3 is 5.97 Å². The summed E-state index contributed by atoms with van der Waals surface area (Å²) in [6, 6.07) is 8.14. The first-order chi connectivity index (χ1) is 9.49. The highest BCUT2D eigenvalue weighted by Gasteiger charge is 2.28. The van der Waals surface area contributed by atoms with Crippen LogP contribution in [0.4, 0.5) is 5.69 Å². The van der Waals surface area contributed by atoms with E-state index in [0.717, 1.165) is 18.5 Å². The van der Waals surface area contributed by atoms with Gasteiger partial charge < -0.3 is 10.0 Å². The van der Waals surface area contributed by atoms with Crippen LogP contribution in [0, 0.1) is 5.92 Å². The maximum atomic E-state index is 12.5. The number of fused-ring (bicyclic) bond motifs is 1. The third-order valence-corrected chi connectivity index (χ3v) is 3.84. The molecule has 1 aromatic rings. The van der Waals surface area contributed by atoms with Crippen molar-refractivity contribution in [2.24, 2.45) is 5.92 Å². The van der Waals surface area contributed by atoms with E-state index in [9.17, 15) is 9.59 Å². The van der Waals surface area contributed by atoms with Gasteiger partial charge in [-0.1, -0.05) is 25.1 Å². The number of amides is 1. The van der Waals surface area contributed by atoms with E-state index in [0.29, 0.717) is 0 Å². The predicted octanol–water partition coefficient (Wildman–Crippen LogP) is 2.86. The molecule has 108 valence electrons. The highest BCUT2D eigenvalue weighted by atomic mass is 16.4. The number of carbonyl (C=O) groups excluding carboxylic acids is 1. The Morgan fingerprint density at radius 2 is 2.05 bits per heavy atom. The van der Waals surface area contributed by atoms with Crippen molar-refractivity contribution in [3.05, 3.63) is 29.8 Å². The molecule has 0 aromatic heterocycles. The molecule has 0 saturated carbocycles. The van der Waals surface area contributed by atoms with Crippen LogP contribution in [0.25, 0.3) is 0 Å². The molecule has 1 aliphatic rings. The van der Waals surface area contributed by atoms with E-state index in [2.05, 4.69) is 13.0 Å². The molecule has 2 unspecified atom stereocenters. The number of carboxylic acids is 1. The maximum Gasteiger partial charge on any atom is 0.303 e. The summed E-state index contributed by atoms with van der Waals surface area (Å²) in [4.78, 5) is 25.0. The SMILES string of the molecule is CC(CC(=O)O)CC(=O)N1c2ccccc2CCC1C. The molecule has 2 atom stereocenters. The first-order valence-electron chi connectivity index (χ1n) is 7.10. The van der Waals surface area contributed by atoms with E-state index in [1.165, 1.54) is 5.56 Å². The van der Waals surface area contributed by atoms with Crippen molar-refractivity contribution < 1.29 is 14.7 Å². The van der Waals surface area contributed by atoms with Crippen molar-refractivity contribution in [2.75, 3.05) is 4.90 Å². The number of aryl methyl sites for hydroxylation is 1. The molecule has 1 aliphatic heterocycles. The quantitative estimate of drug-likeness (QED) is 0.919. The monoisotopic (exact) mass is 275 g/mol. The Bertz CT molecular complexity index is 512. The van der Waals surface area contributed by atoms with Crippen LogP contribution in [0.1, 0.15) is 38.7 Å². The normalized spacial score (nSPS) is 19.3. The number of rotatable bonds is 4. The fourth-order valence-corrected chi connectivity index (χ4v) is 2.84. The lowest BCUT2D eigenvalue weighted by Crippen LogP contribution is -2.42. The maximum absolute atomic E-state index is 12.5. The zero-order valence-corrected chi connectivity index (χ0v) is 12.0. The van der Waals surface area contributed by atoms with Gasteiger partial charge in [0.2, 0.25) is 5.91 Å². The molecular weight excluding hydrogens is 254 g/mol. The Morgan fingerprint density at radius 1 is 1.35 bits per heavy atom. The standard InChI is InChI=1S/C16H21NO3/c1-11(10-16(19)20)9-15(18)17-12(2)7-8-13-5-3-4-6-14(13)17/h3-6,11-12H,7-10H2,1-2H3,(H,19,20). The molecule has 2 rings (SSSR count). The van der Waals surface area contributed by atoms with Gasteiger partial charge in [-0.15, -0.1) is 0 Å². The fraction of sp³-hybridized carbons (Fsp3) is 0.500. The molecule has 4 heteroatoms. The summed E-state index contributed by atoms with van der Waals surface area (Å²) in [5.74, 6) is -0.961. The Morgan fingerprint density at radius 3 is 2.75 bits per heavy atom. The zero-order valence-electron chi connectivity index (χ0n) is 12.0. The lowest BCUT2D eigenvalue weighted by Gasteiger charge is -2.36. The first kappa shape index (κ1) is 14.6. The van der Waals surface area contributed by atoms with Crippen LogP contribution in [-0.4, -0.2) is 23.0 Å². The molecule has 1 heterocycles. The average molecular weight is 275 g/mol. The van der Waals surface area contributed by atoms with E-state index in [1.54, 1.807) is 0 Å². The van der Waals surface area contributed by atoms with Gasteiger partial charge in [0.25, 0.3) is 0 Å². The number of benzene rings is 1. The number of carboxylic acid groups (broad SMARTS) is 1. The van der Waals surface area contributed by atoms with E-state index >= 15 is 0 Å². The first-order valence-corrected chi connectivity index (χ1v) is 7.10. The molecule has 0 spiro atoms. The minimum absolute atomic E-state index is 0.0263. The number of para-hydroxylation sites is 1. The summed E-state index contributed by atoms with van der Waals surface area (Å²) >= 11 is 0. The molecule has 0 bridgehead atoms. The van der Waals surface area contributed by atoms with Gasteiger partial charge in [0.15, 0.2) is 0 Å². The minimum atomic E-state index is -0.850. The topological polar surface area (TPSA) is 57.6 Å². The van der Waals surface area contributed by atoms with Crippen LogP contribution in [0.5, 0.6) is 0 Å². The summed E-state index contributed by atoms with van der Waals surface area (Å²) < 4.78 is 0. The zero-order chi connectivity index (χ0) is 14.7. The second-order valence-electron chi connectivity index (χ2n) is 5.69. The van der Waals surface area contributed by atoms with Gasteiger partial charge in [-0.05, 0) is 37.3 Å². The lowest BCUT2D eigenvalue weighted by atomic mass is 9.95.